The summed E-state index contributed by atoms with van der Waals surface area (Å²) in [7, 11) is 0. The Labute approximate surface area is 104 Å². The number of hydrogen-bond acceptors (Lipinski definition) is 2. The third-order valence-electron chi connectivity index (χ3n) is 3.19. The fourth-order valence-corrected chi connectivity index (χ4v) is 2.43. The second-order valence-electron chi connectivity index (χ2n) is 4.52. The predicted molar refractivity (Wildman–Crippen MR) is 66.6 cm³/mol. The third-order valence-corrected chi connectivity index (χ3v) is 3.93. The third kappa shape index (κ3) is 2.62. The van der Waals surface area contributed by atoms with Crippen LogP contribution in [0.4, 0.5) is 4.39 Å². The number of benzene rings is 1. The zero-order valence-corrected chi connectivity index (χ0v) is 10.7. The highest BCUT2D eigenvalue weighted by molar-refractivity contribution is 9.10. The summed E-state index contributed by atoms with van der Waals surface area (Å²) in [5.41, 5.74) is 6.69. The van der Waals surface area contributed by atoms with Crippen molar-refractivity contribution in [3.63, 3.8) is 0 Å². The van der Waals surface area contributed by atoms with Crippen LogP contribution in [0.2, 0.25) is 0 Å². The van der Waals surface area contributed by atoms with Crippen molar-refractivity contribution in [1.29, 1.82) is 0 Å². The second kappa shape index (κ2) is 4.82. The summed E-state index contributed by atoms with van der Waals surface area (Å²) in [5.74, 6) is -0.179. The lowest BCUT2D eigenvalue weighted by Gasteiger charge is -2.38. The lowest BCUT2D eigenvalue weighted by molar-refractivity contribution is 0.238. The molecule has 0 atom stereocenters. The first-order valence-corrected chi connectivity index (χ1v) is 6.32. The topological polar surface area (TPSA) is 38.0 Å². The number of rotatable bonds is 4. The maximum atomic E-state index is 13.5. The minimum Gasteiger partial charge on any atom is -0.324 e. The first-order valence-electron chi connectivity index (χ1n) is 5.53. The van der Waals surface area contributed by atoms with E-state index in [0.29, 0.717) is 12.1 Å². The molecular weight excluding hydrogens is 271 g/mol. The Morgan fingerprint density at radius 2 is 2.19 bits per heavy atom. The lowest BCUT2D eigenvalue weighted by Crippen LogP contribution is -2.53. The van der Waals surface area contributed by atoms with E-state index in [1.54, 1.807) is 6.07 Å². The van der Waals surface area contributed by atoms with Gasteiger partial charge in [0.1, 0.15) is 5.82 Å². The van der Waals surface area contributed by atoms with Crippen molar-refractivity contribution >= 4 is 15.9 Å². The number of nitrogens with one attached hydrogen (secondary N) is 1. The van der Waals surface area contributed by atoms with Gasteiger partial charge in [0.05, 0.1) is 0 Å². The Balaban J connectivity index is 1.89. The summed E-state index contributed by atoms with van der Waals surface area (Å²) >= 11 is 3.35. The van der Waals surface area contributed by atoms with Gasteiger partial charge in [0.25, 0.3) is 0 Å². The molecule has 1 aromatic rings. The standard InChI is InChI=1S/C12H16BrFN2/c13-10-3-1-4-11(14)9(10)7-16-8-12(15)5-2-6-12/h1,3-4,16H,2,5-8,15H2. The molecule has 1 aromatic carbocycles. The molecular formula is C12H16BrFN2. The molecule has 1 saturated carbocycles. The first-order chi connectivity index (χ1) is 7.61. The Bertz CT molecular complexity index is 357. The normalized spacial score (nSPS) is 18.2. The molecule has 2 nitrogen and oxygen atoms in total. The van der Waals surface area contributed by atoms with Crippen molar-refractivity contribution in [2.45, 2.75) is 31.3 Å². The van der Waals surface area contributed by atoms with E-state index in [1.165, 1.54) is 12.5 Å². The number of hydrogen-bond donors (Lipinski definition) is 2. The van der Waals surface area contributed by atoms with Gasteiger partial charge in [0.15, 0.2) is 0 Å². The van der Waals surface area contributed by atoms with Crippen LogP contribution in [0.25, 0.3) is 0 Å². The van der Waals surface area contributed by atoms with E-state index in [-0.39, 0.29) is 11.4 Å². The smallest absolute Gasteiger partial charge is 0.128 e. The molecule has 0 aromatic heterocycles. The molecule has 2 rings (SSSR count). The van der Waals surface area contributed by atoms with Crippen molar-refractivity contribution in [3.8, 4) is 0 Å². The summed E-state index contributed by atoms with van der Waals surface area (Å²) in [5, 5.41) is 3.23. The average molecular weight is 287 g/mol. The van der Waals surface area contributed by atoms with Crippen LogP contribution in [0.1, 0.15) is 24.8 Å². The maximum Gasteiger partial charge on any atom is 0.128 e. The van der Waals surface area contributed by atoms with E-state index in [0.717, 1.165) is 23.9 Å². The van der Waals surface area contributed by atoms with Crippen LogP contribution >= 0.6 is 15.9 Å². The molecule has 16 heavy (non-hydrogen) atoms. The maximum absolute atomic E-state index is 13.5. The van der Waals surface area contributed by atoms with Crippen molar-refractivity contribution < 1.29 is 4.39 Å². The summed E-state index contributed by atoms with van der Waals surface area (Å²) in [4.78, 5) is 0. The molecule has 0 bridgehead atoms. The SMILES string of the molecule is NC1(CNCc2c(F)cccc2Br)CCC1. The van der Waals surface area contributed by atoms with Gasteiger partial charge in [-0.2, -0.15) is 0 Å². The van der Waals surface area contributed by atoms with Gasteiger partial charge in [-0.1, -0.05) is 22.0 Å². The van der Waals surface area contributed by atoms with E-state index >= 15 is 0 Å². The van der Waals surface area contributed by atoms with Gasteiger partial charge >= 0.3 is 0 Å². The Kier molecular flexibility index (Phi) is 3.62. The lowest BCUT2D eigenvalue weighted by atomic mass is 9.78. The minimum absolute atomic E-state index is 0.0578. The number of nitrogens with two attached hydrogens (primary N) is 1. The molecule has 3 N–H and O–H groups in total. The molecule has 4 heteroatoms. The molecule has 0 heterocycles. The van der Waals surface area contributed by atoms with Crippen molar-refractivity contribution in [3.05, 3.63) is 34.1 Å². The highest BCUT2D eigenvalue weighted by atomic mass is 79.9. The second-order valence-corrected chi connectivity index (χ2v) is 5.37. The van der Waals surface area contributed by atoms with Crippen molar-refractivity contribution in [2.75, 3.05) is 6.54 Å². The van der Waals surface area contributed by atoms with E-state index in [1.807, 2.05) is 6.07 Å². The highest BCUT2D eigenvalue weighted by Gasteiger charge is 2.31. The molecule has 1 aliphatic carbocycles. The molecule has 0 unspecified atom stereocenters. The number of halogens is 2. The molecule has 88 valence electrons. The molecule has 0 aliphatic heterocycles. The highest BCUT2D eigenvalue weighted by Crippen LogP contribution is 2.28. The van der Waals surface area contributed by atoms with Gasteiger partial charge < -0.3 is 11.1 Å². The van der Waals surface area contributed by atoms with E-state index in [4.69, 9.17) is 5.73 Å². The summed E-state index contributed by atoms with van der Waals surface area (Å²) in [6, 6.07) is 5.02. The Morgan fingerprint density at radius 3 is 2.75 bits per heavy atom. The molecule has 0 amide bonds. The molecule has 0 spiro atoms. The van der Waals surface area contributed by atoms with Gasteiger partial charge in [-0.15, -0.1) is 0 Å². The van der Waals surface area contributed by atoms with Crippen LogP contribution in [0.5, 0.6) is 0 Å². The minimum atomic E-state index is -0.179. The van der Waals surface area contributed by atoms with Crippen LogP contribution in [-0.2, 0) is 6.54 Å². The Morgan fingerprint density at radius 1 is 1.44 bits per heavy atom. The van der Waals surface area contributed by atoms with Crippen LogP contribution in [0, 0.1) is 5.82 Å². The first kappa shape index (κ1) is 12.0. The van der Waals surface area contributed by atoms with Crippen LogP contribution < -0.4 is 11.1 Å². The van der Waals surface area contributed by atoms with Gasteiger partial charge in [0, 0.05) is 28.7 Å². The van der Waals surface area contributed by atoms with E-state index < -0.39 is 0 Å². The van der Waals surface area contributed by atoms with Crippen molar-refractivity contribution in [2.24, 2.45) is 5.73 Å². The fourth-order valence-electron chi connectivity index (χ4n) is 1.95. The van der Waals surface area contributed by atoms with E-state index in [9.17, 15) is 4.39 Å². The van der Waals surface area contributed by atoms with Crippen LogP contribution in [0.3, 0.4) is 0 Å². The Hall–Kier alpha value is -0.450. The largest absolute Gasteiger partial charge is 0.324 e. The quantitative estimate of drug-likeness (QED) is 0.893. The van der Waals surface area contributed by atoms with Gasteiger partial charge in [-0.05, 0) is 31.4 Å². The van der Waals surface area contributed by atoms with Crippen LogP contribution in [-0.4, -0.2) is 12.1 Å². The van der Waals surface area contributed by atoms with Crippen molar-refractivity contribution in [1.82, 2.24) is 5.32 Å². The molecule has 1 fully saturated rings. The fraction of sp³-hybridized carbons (Fsp3) is 0.500. The zero-order chi connectivity index (χ0) is 11.6. The predicted octanol–water partition coefficient (Wildman–Crippen LogP) is 2.56. The van der Waals surface area contributed by atoms with Crippen LogP contribution in [0.15, 0.2) is 22.7 Å². The zero-order valence-electron chi connectivity index (χ0n) is 9.10. The molecule has 0 radical (unpaired) electrons. The summed E-state index contributed by atoms with van der Waals surface area (Å²) < 4.78 is 14.3. The summed E-state index contributed by atoms with van der Waals surface area (Å²) in [6.45, 7) is 1.28. The van der Waals surface area contributed by atoms with Gasteiger partial charge in [-0.25, -0.2) is 4.39 Å². The average Bonchev–Trinajstić information content (AvgIpc) is 2.20. The summed E-state index contributed by atoms with van der Waals surface area (Å²) in [6.07, 6.45) is 3.35. The van der Waals surface area contributed by atoms with Gasteiger partial charge in [-0.3, -0.25) is 0 Å². The van der Waals surface area contributed by atoms with Gasteiger partial charge in [0.2, 0.25) is 0 Å². The monoisotopic (exact) mass is 286 g/mol. The molecule has 1 aliphatic rings. The molecule has 0 saturated heterocycles. The van der Waals surface area contributed by atoms with E-state index in [2.05, 4.69) is 21.2 Å².